The Morgan fingerprint density at radius 2 is 0.750 bits per heavy atom. The summed E-state index contributed by atoms with van der Waals surface area (Å²) in [6.07, 6.45) is -7.57. The second kappa shape index (κ2) is 14.1. The largest absolute Gasteiger partial charge is 0.504 e. The molecule has 4 aromatic carbocycles. The van der Waals surface area contributed by atoms with Crippen molar-refractivity contribution in [1.29, 1.82) is 0 Å². The number of benzene rings is 4. The van der Waals surface area contributed by atoms with Gasteiger partial charge in [0.1, 0.15) is 12.2 Å². The lowest BCUT2D eigenvalue weighted by Crippen LogP contribution is -2.80. The van der Waals surface area contributed by atoms with Crippen LogP contribution in [0.5, 0.6) is 69.0 Å². The van der Waals surface area contributed by atoms with Gasteiger partial charge in [-0.15, -0.1) is 0 Å². The molecule has 0 spiro atoms. The van der Waals surface area contributed by atoms with E-state index in [1.54, 1.807) is 0 Å². The van der Waals surface area contributed by atoms with Gasteiger partial charge >= 0.3 is 0 Å². The highest BCUT2D eigenvalue weighted by atomic mass is 16.4. The summed E-state index contributed by atoms with van der Waals surface area (Å²) in [6, 6.07) is 1.48. The molecule has 5 atom stereocenters. The molecule has 0 heterocycles. The molecule has 4 rings (SSSR count). The zero-order chi connectivity index (χ0) is 42.6. The van der Waals surface area contributed by atoms with Gasteiger partial charge in [0.15, 0.2) is 75.3 Å². The molecule has 2 unspecified atom stereocenters. The molecule has 0 aliphatic heterocycles. The third kappa shape index (κ3) is 6.15. The minimum atomic E-state index is -5.27. The number of aliphatic hydroxyl groups excluding tert-OH is 2. The van der Waals surface area contributed by atoms with Crippen LogP contribution < -0.4 is 0 Å². The van der Waals surface area contributed by atoms with Crippen LogP contribution in [0.4, 0.5) is 0 Å². The third-order valence-corrected chi connectivity index (χ3v) is 8.60. The smallest absolute Gasteiger partial charge is 0.229 e. The molecule has 22 heteroatoms. The molecular weight excluding hydrogens is 760 g/mol. The van der Waals surface area contributed by atoms with Crippen LogP contribution in [-0.2, 0) is 9.59 Å². The Kier molecular flexibility index (Phi) is 10.4. The van der Waals surface area contributed by atoms with Crippen LogP contribution in [0.2, 0.25) is 0 Å². The van der Waals surface area contributed by atoms with Crippen LogP contribution in [-0.4, -0.2) is 139 Å². The number of aliphatic hydroxyl groups is 5. The Hall–Kier alpha value is -7.37. The molecule has 0 amide bonds. The fraction of sp³-hybridized carbons (Fsp3) is 0.147. The third-order valence-electron chi connectivity index (χ3n) is 8.60. The second-order valence-corrected chi connectivity index (χ2v) is 12.0. The molecule has 296 valence electrons. The Morgan fingerprint density at radius 3 is 1.07 bits per heavy atom. The van der Waals surface area contributed by atoms with E-state index in [9.17, 15) is 111 Å². The number of phenols is 12. The number of hydrogen-bond donors (Lipinski definition) is 17. The highest BCUT2D eigenvalue weighted by molar-refractivity contribution is 6.29. The molecule has 22 nitrogen and oxygen atoms in total. The van der Waals surface area contributed by atoms with Gasteiger partial charge in [0.2, 0.25) is 39.9 Å². The molecule has 0 aromatic heterocycles. The fourth-order valence-electron chi connectivity index (χ4n) is 5.55. The SMILES string of the molecule is O=C[C@@](O)(C(=O)c1cc(O)c(O)c(O)c1)[C@](O)(C(=O)c1cc(O)c(O)c(O)c1)[C@@](O)(C(=O)c1cc(O)c(O)c(O)c1)C(=O)C(O)C(O)c1cc(O)c(O)c(O)c1. The highest BCUT2D eigenvalue weighted by Crippen LogP contribution is 2.47. The van der Waals surface area contributed by atoms with Gasteiger partial charge in [-0.2, -0.15) is 0 Å². The van der Waals surface area contributed by atoms with Crippen molar-refractivity contribution in [3.05, 3.63) is 70.8 Å². The monoisotopic (exact) mass is 788 g/mol. The summed E-state index contributed by atoms with van der Waals surface area (Å²) in [5, 5.41) is 178. The number of rotatable bonds is 13. The van der Waals surface area contributed by atoms with Crippen LogP contribution >= 0.6 is 0 Å². The van der Waals surface area contributed by atoms with Gasteiger partial charge in [-0.05, 0) is 54.1 Å². The van der Waals surface area contributed by atoms with E-state index in [0.717, 1.165) is 0 Å². The number of aromatic hydroxyl groups is 12. The number of ketones is 4. The summed E-state index contributed by atoms with van der Waals surface area (Å²) in [7, 11) is 0. The first-order chi connectivity index (χ1) is 25.8. The normalized spacial score (nSPS) is 15.7. The maximum absolute atomic E-state index is 14.5. The quantitative estimate of drug-likeness (QED) is 0.0306. The van der Waals surface area contributed by atoms with Gasteiger partial charge in [-0.25, -0.2) is 0 Å². The summed E-state index contributed by atoms with van der Waals surface area (Å²) < 4.78 is 0. The number of aldehydes is 1. The summed E-state index contributed by atoms with van der Waals surface area (Å²) >= 11 is 0. The van der Waals surface area contributed by atoms with Gasteiger partial charge in [-0.1, -0.05) is 0 Å². The molecule has 17 N–H and O–H groups in total. The van der Waals surface area contributed by atoms with Gasteiger partial charge in [0.25, 0.3) is 0 Å². The van der Waals surface area contributed by atoms with E-state index in [4.69, 9.17) is 0 Å². The highest BCUT2D eigenvalue weighted by Gasteiger charge is 2.76. The van der Waals surface area contributed by atoms with Crippen LogP contribution in [0.1, 0.15) is 42.7 Å². The number of phenolic OH excluding ortho intramolecular Hbond substituents is 12. The zero-order valence-corrected chi connectivity index (χ0v) is 27.5. The van der Waals surface area contributed by atoms with E-state index in [1.807, 2.05) is 0 Å². The van der Waals surface area contributed by atoms with Crippen molar-refractivity contribution in [3.8, 4) is 69.0 Å². The van der Waals surface area contributed by atoms with E-state index in [2.05, 4.69) is 0 Å². The summed E-state index contributed by atoms with van der Waals surface area (Å²) in [6.45, 7) is 0. The average Bonchev–Trinajstić information content (AvgIpc) is 3.16. The second-order valence-electron chi connectivity index (χ2n) is 12.0. The van der Waals surface area contributed by atoms with Gasteiger partial charge in [0.05, 0.1) is 0 Å². The maximum atomic E-state index is 14.5. The first-order valence-electron chi connectivity index (χ1n) is 15.0. The lowest BCUT2D eigenvalue weighted by Gasteiger charge is -2.47. The molecule has 0 bridgehead atoms. The van der Waals surface area contributed by atoms with Crippen LogP contribution in [0.25, 0.3) is 0 Å². The zero-order valence-electron chi connectivity index (χ0n) is 27.5. The number of hydrogen-bond acceptors (Lipinski definition) is 22. The minimum absolute atomic E-state index is 0.0944. The molecular formula is C34H28O22. The Labute approximate surface area is 309 Å². The van der Waals surface area contributed by atoms with Crippen LogP contribution in [0.15, 0.2) is 48.5 Å². The van der Waals surface area contributed by atoms with E-state index in [1.165, 1.54) is 0 Å². The first-order valence-corrected chi connectivity index (χ1v) is 15.0. The number of carbonyl (C=O) groups excluding carboxylic acids is 5. The first kappa shape index (κ1) is 41.4. The molecule has 0 fully saturated rings. The fourth-order valence-corrected chi connectivity index (χ4v) is 5.55. The van der Waals surface area contributed by atoms with Crippen molar-refractivity contribution < 1.29 is 111 Å². The van der Waals surface area contributed by atoms with Crippen LogP contribution in [0, 0.1) is 0 Å². The lowest BCUT2D eigenvalue weighted by atomic mass is 9.60. The topological polar surface area (TPSA) is 429 Å². The van der Waals surface area contributed by atoms with Crippen LogP contribution in [0.3, 0.4) is 0 Å². The van der Waals surface area contributed by atoms with E-state index in [0.29, 0.717) is 12.1 Å². The number of carbonyl (C=O) groups is 5. The summed E-state index contributed by atoms with van der Waals surface area (Å²) in [5.41, 5.74) is -20.7. The van der Waals surface area contributed by atoms with Crippen molar-refractivity contribution in [1.82, 2.24) is 0 Å². The summed E-state index contributed by atoms with van der Waals surface area (Å²) in [5.74, 6) is -27.0. The molecule has 4 aromatic rings. The Morgan fingerprint density at radius 1 is 0.464 bits per heavy atom. The van der Waals surface area contributed by atoms with Gasteiger partial charge < -0.3 is 86.8 Å². The van der Waals surface area contributed by atoms with Gasteiger partial charge in [0, 0.05) is 16.7 Å². The minimum Gasteiger partial charge on any atom is -0.504 e. The molecule has 56 heavy (non-hydrogen) atoms. The molecule has 0 radical (unpaired) electrons. The van der Waals surface area contributed by atoms with E-state index < -0.39 is 150 Å². The van der Waals surface area contributed by atoms with Crippen molar-refractivity contribution in [3.63, 3.8) is 0 Å². The maximum Gasteiger partial charge on any atom is 0.229 e. The Bertz CT molecular complexity index is 2240. The predicted molar refractivity (Wildman–Crippen MR) is 176 cm³/mol. The van der Waals surface area contributed by atoms with E-state index in [-0.39, 0.29) is 36.4 Å². The predicted octanol–water partition coefficient (Wildman–Crippen LogP) is -1.84. The van der Waals surface area contributed by atoms with Crippen molar-refractivity contribution in [2.75, 3.05) is 0 Å². The lowest BCUT2D eigenvalue weighted by molar-refractivity contribution is -0.192. The number of Topliss-reactive ketones (excluding diaryl/α,β-unsaturated/α-hetero) is 4. The van der Waals surface area contributed by atoms with Gasteiger partial charge in [-0.3, -0.25) is 24.0 Å². The Balaban J connectivity index is 2.20. The summed E-state index contributed by atoms with van der Waals surface area (Å²) in [4.78, 5) is 70.2. The average molecular weight is 789 g/mol. The van der Waals surface area contributed by atoms with Crippen molar-refractivity contribution in [2.45, 2.75) is 29.0 Å². The standard InChI is InChI=1S/C34H28O22/c35-9-32(54,28(50)11-3-16(38)24(46)17(39)4-11)34(56,30(52)13-7-20(42)26(48)21(43)8-13)33(55,29(51)12-5-18(40)25(47)19(41)6-12)31(53)27(49)22(44)10-1-14(36)23(45)15(37)2-10/h1-9,22,27,36-49,54-56H/t22?,27?,32-,33-,34-/m1/s1. The van der Waals surface area contributed by atoms with Crippen molar-refractivity contribution in [2.24, 2.45) is 0 Å². The molecule has 0 aliphatic rings. The van der Waals surface area contributed by atoms with Crippen molar-refractivity contribution >= 4 is 29.4 Å². The molecule has 0 saturated carbocycles. The molecule has 0 saturated heterocycles. The van der Waals surface area contributed by atoms with E-state index >= 15 is 0 Å². The molecule has 0 aliphatic carbocycles.